The second-order valence-electron chi connectivity index (χ2n) is 7.92. The Morgan fingerprint density at radius 3 is 2.44 bits per heavy atom. The summed E-state index contributed by atoms with van der Waals surface area (Å²) in [7, 11) is 0. The highest BCUT2D eigenvalue weighted by Crippen LogP contribution is 2.26. The number of nitrogens with zero attached hydrogens (tertiary/aromatic N) is 2. The number of anilines is 1. The van der Waals surface area contributed by atoms with Crippen LogP contribution in [-0.2, 0) is 13.2 Å². The van der Waals surface area contributed by atoms with E-state index in [-0.39, 0.29) is 5.91 Å². The summed E-state index contributed by atoms with van der Waals surface area (Å²) in [5.41, 5.74) is 4.57. The second-order valence-corrected chi connectivity index (χ2v) is 9.62. The van der Waals surface area contributed by atoms with Gasteiger partial charge in [0, 0.05) is 21.8 Å². The van der Waals surface area contributed by atoms with Crippen molar-refractivity contribution in [2.45, 2.75) is 27.0 Å². The van der Waals surface area contributed by atoms with E-state index < -0.39 is 0 Å². The Morgan fingerprint density at radius 2 is 1.76 bits per heavy atom. The van der Waals surface area contributed by atoms with Gasteiger partial charge in [-0.1, -0.05) is 59.6 Å². The van der Waals surface area contributed by atoms with Gasteiger partial charge in [0.2, 0.25) is 0 Å². The van der Waals surface area contributed by atoms with Gasteiger partial charge < -0.3 is 10.1 Å². The maximum atomic E-state index is 12.8. The number of benzene rings is 3. The SMILES string of the molecule is Cc1cccc(C)c1OCc1ccc(C(=O)Nc2nn(Cc3ccc(Cl)cc3Cl)cc2Br)cc1. The first-order valence-corrected chi connectivity index (χ1v) is 12.1. The maximum absolute atomic E-state index is 12.8. The van der Waals surface area contributed by atoms with Crippen LogP contribution in [0.2, 0.25) is 10.0 Å². The number of ether oxygens (including phenoxy) is 1. The molecule has 0 atom stereocenters. The standard InChI is InChI=1S/C26H22BrCl2N3O2/c1-16-4-3-5-17(2)24(16)34-15-18-6-8-19(9-7-18)26(33)30-25-22(27)14-32(31-25)13-20-10-11-21(28)12-23(20)29/h3-12,14H,13,15H2,1-2H3,(H,30,31,33). The number of carbonyl (C=O) groups is 1. The molecule has 174 valence electrons. The number of hydrogen-bond acceptors (Lipinski definition) is 3. The smallest absolute Gasteiger partial charge is 0.256 e. The van der Waals surface area contributed by atoms with Crippen molar-refractivity contribution >= 4 is 50.9 Å². The summed E-state index contributed by atoms with van der Waals surface area (Å²) in [5.74, 6) is 1.07. The number of aromatic nitrogens is 2. The number of para-hydroxylation sites is 1. The predicted molar refractivity (Wildman–Crippen MR) is 140 cm³/mol. The summed E-state index contributed by atoms with van der Waals surface area (Å²) in [6.07, 6.45) is 1.79. The Labute approximate surface area is 216 Å². The first-order chi connectivity index (χ1) is 16.3. The van der Waals surface area contributed by atoms with Crippen LogP contribution in [0.4, 0.5) is 5.82 Å². The van der Waals surface area contributed by atoms with Crippen molar-refractivity contribution in [2.24, 2.45) is 0 Å². The summed E-state index contributed by atoms with van der Waals surface area (Å²) < 4.78 is 8.36. The minimum absolute atomic E-state index is 0.252. The van der Waals surface area contributed by atoms with Gasteiger partial charge in [-0.05, 0) is 76.3 Å². The molecule has 0 bridgehead atoms. The van der Waals surface area contributed by atoms with E-state index in [1.165, 1.54) is 0 Å². The number of amides is 1. The molecule has 0 fully saturated rings. The molecule has 1 heterocycles. The van der Waals surface area contributed by atoms with Gasteiger partial charge in [0.25, 0.3) is 5.91 Å². The average molecular weight is 559 g/mol. The molecule has 0 aliphatic heterocycles. The molecule has 5 nitrogen and oxygen atoms in total. The number of nitrogens with one attached hydrogen (secondary N) is 1. The second kappa shape index (κ2) is 10.6. The van der Waals surface area contributed by atoms with Crippen molar-refractivity contribution in [1.82, 2.24) is 9.78 Å². The van der Waals surface area contributed by atoms with E-state index in [0.717, 1.165) is 28.0 Å². The van der Waals surface area contributed by atoms with Gasteiger partial charge in [-0.3, -0.25) is 9.48 Å². The van der Waals surface area contributed by atoms with Crippen molar-refractivity contribution in [3.8, 4) is 5.75 Å². The molecule has 0 saturated carbocycles. The number of carbonyl (C=O) groups excluding carboxylic acids is 1. The fraction of sp³-hybridized carbons (Fsp3) is 0.154. The lowest BCUT2D eigenvalue weighted by Crippen LogP contribution is -2.13. The van der Waals surface area contributed by atoms with Crippen LogP contribution in [0.25, 0.3) is 0 Å². The lowest BCUT2D eigenvalue weighted by atomic mass is 10.1. The quantitative estimate of drug-likeness (QED) is 0.256. The van der Waals surface area contributed by atoms with Gasteiger partial charge in [0.1, 0.15) is 12.4 Å². The van der Waals surface area contributed by atoms with Gasteiger partial charge in [0.05, 0.1) is 11.0 Å². The van der Waals surface area contributed by atoms with Crippen molar-refractivity contribution in [1.29, 1.82) is 0 Å². The zero-order chi connectivity index (χ0) is 24.2. The summed E-state index contributed by atoms with van der Waals surface area (Å²) in [6.45, 7) is 4.93. The van der Waals surface area contributed by atoms with Gasteiger partial charge in [-0.15, -0.1) is 0 Å². The lowest BCUT2D eigenvalue weighted by molar-refractivity contribution is 0.102. The third kappa shape index (κ3) is 5.81. The summed E-state index contributed by atoms with van der Waals surface area (Å²) >= 11 is 15.7. The topological polar surface area (TPSA) is 56.1 Å². The van der Waals surface area contributed by atoms with Gasteiger partial charge >= 0.3 is 0 Å². The predicted octanol–water partition coefficient (Wildman–Crippen LogP) is 7.45. The minimum atomic E-state index is -0.252. The highest BCUT2D eigenvalue weighted by atomic mass is 79.9. The molecular formula is C26H22BrCl2N3O2. The van der Waals surface area contributed by atoms with Crippen molar-refractivity contribution in [2.75, 3.05) is 5.32 Å². The van der Waals surface area contributed by atoms with Crippen LogP contribution in [0.3, 0.4) is 0 Å². The van der Waals surface area contributed by atoms with Crippen molar-refractivity contribution < 1.29 is 9.53 Å². The Bertz CT molecular complexity index is 1320. The zero-order valence-corrected chi connectivity index (χ0v) is 21.7. The Morgan fingerprint density at radius 1 is 1.06 bits per heavy atom. The molecule has 0 saturated heterocycles. The van der Waals surface area contributed by atoms with E-state index in [2.05, 4.69) is 26.3 Å². The fourth-order valence-corrected chi connectivity index (χ4v) is 4.38. The maximum Gasteiger partial charge on any atom is 0.256 e. The molecule has 0 aliphatic rings. The van der Waals surface area contributed by atoms with Crippen molar-refractivity contribution in [3.63, 3.8) is 0 Å². The van der Waals surface area contributed by atoms with Crippen LogP contribution in [-0.4, -0.2) is 15.7 Å². The van der Waals surface area contributed by atoms with E-state index in [9.17, 15) is 4.79 Å². The summed E-state index contributed by atoms with van der Waals surface area (Å²) in [5, 5.41) is 8.44. The van der Waals surface area contributed by atoms with Crippen LogP contribution in [0.5, 0.6) is 5.75 Å². The molecule has 1 amide bonds. The molecule has 1 aromatic heterocycles. The fourth-order valence-electron chi connectivity index (χ4n) is 3.50. The van der Waals surface area contributed by atoms with Crippen LogP contribution in [0.15, 0.2) is 71.3 Å². The molecule has 0 radical (unpaired) electrons. The molecule has 4 aromatic rings. The third-order valence-corrected chi connectivity index (χ3v) is 6.47. The van der Waals surface area contributed by atoms with Crippen LogP contribution >= 0.6 is 39.1 Å². The van der Waals surface area contributed by atoms with Crippen LogP contribution in [0.1, 0.15) is 32.6 Å². The van der Waals surface area contributed by atoms with E-state index in [0.29, 0.717) is 39.1 Å². The first-order valence-electron chi connectivity index (χ1n) is 10.6. The summed E-state index contributed by atoms with van der Waals surface area (Å²) in [6, 6.07) is 18.7. The Hall–Kier alpha value is -2.80. The largest absolute Gasteiger partial charge is 0.488 e. The molecular weight excluding hydrogens is 537 g/mol. The Balaban J connectivity index is 1.39. The monoisotopic (exact) mass is 557 g/mol. The molecule has 1 N–H and O–H groups in total. The van der Waals surface area contributed by atoms with E-state index >= 15 is 0 Å². The zero-order valence-electron chi connectivity index (χ0n) is 18.6. The molecule has 0 aliphatic carbocycles. The lowest BCUT2D eigenvalue weighted by Gasteiger charge is -2.12. The number of aryl methyl sites for hydroxylation is 2. The van der Waals surface area contributed by atoms with Gasteiger partial charge in [-0.2, -0.15) is 5.10 Å². The highest BCUT2D eigenvalue weighted by molar-refractivity contribution is 9.10. The van der Waals surface area contributed by atoms with Gasteiger partial charge in [0.15, 0.2) is 5.82 Å². The summed E-state index contributed by atoms with van der Waals surface area (Å²) in [4.78, 5) is 12.8. The Kier molecular flexibility index (Phi) is 7.61. The normalized spacial score (nSPS) is 10.9. The molecule has 3 aromatic carbocycles. The van der Waals surface area contributed by atoms with E-state index in [1.54, 1.807) is 35.1 Å². The molecule has 0 unspecified atom stereocenters. The molecule has 34 heavy (non-hydrogen) atoms. The van der Waals surface area contributed by atoms with Crippen LogP contribution in [0, 0.1) is 13.8 Å². The molecule has 0 spiro atoms. The third-order valence-electron chi connectivity index (χ3n) is 5.30. The molecule has 8 heteroatoms. The van der Waals surface area contributed by atoms with E-state index in [1.807, 2.05) is 50.2 Å². The molecule has 4 rings (SSSR count). The number of halogens is 3. The average Bonchev–Trinajstić information content (AvgIpc) is 3.14. The first kappa shape index (κ1) is 24.3. The number of rotatable bonds is 7. The number of hydrogen-bond donors (Lipinski definition) is 1. The van der Waals surface area contributed by atoms with E-state index in [4.69, 9.17) is 27.9 Å². The van der Waals surface area contributed by atoms with Gasteiger partial charge in [-0.25, -0.2) is 0 Å². The minimum Gasteiger partial charge on any atom is -0.488 e. The highest BCUT2D eigenvalue weighted by Gasteiger charge is 2.13. The van der Waals surface area contributed by atoms with Crippen LogP contribution < -0.4 is 10.1 Å². The van der Waals surface area contributed by atoms with Crippen molar-refractivity contribution in [3.05, 3.63) is 109 Å².